The molecule has 0 fully saturated rings. The van der Waals surface area contributed by atoms with Crippen molar-refractivity contribution >= 4 is 51.3 Å². The molecule has 0 radical (unpaired) electrons. The molecule has 5 aromatic rings. The van der Waals surface area contributed by atoms with Crippen LogP contribution in [0.15, 0.2) is 66.2 Å². The number of halogens is 1. The van der Waals surface area contributed by atoms with Gasteiger partial charge in [-0.1, -0.05) is 41.9 Å². The molecule has 0 aliphatic rings. The number of aryl methyl sites for hydroxylation is 1. The number of carbonyl (C=O) groups is 2. The molecule has 0 spiro atoms. The summed E-state index contributed by atoms with van der Waals surface area (Å²) >= 11 is 7.34. The van der Waals surface area contributed by atoms with Crippen molar-refractivity contribution in [3.05, 3.63) is 82.5 Å². The molecule has 3 heterocycles. The quantitative estimate of drug-likeness (QED) is 0.276. The van der Waals surface area contributed by atoms with Gasteiger partial charge in [-0.15, -0.1) is 11.3 Å². The Hall–Kier alpha value is -3.75. The van der Waals surface area contributed by atoms with Gasteiger partial charge in [-0.25, -0.2) is 4.98 Å². The summed E-state index contributed by atoms with van der Waals surface area (Å²) in [5.74, 6) is -1.00. The first kappa shape index (κ1) is 20.2. The standard InChI is InChI=1S/C23H16ClN5O2S/c1-13-10-20(27-22(31)21(30)17-11-25-18-5-3-2-4-16(17)18)29(28-13)23-26-19(12-32-23)14-6-8-15(24)9-7-14/h2-12,25H,1H3,(H,27,31). The average molecular weight is 462 g/mol. The summed E-state index contributed by atoms with van der Waals surface area (Å²) in [7, 11) is 0. The third-order valence-corrected chi connectivity index (χ3v) is 5.99. The van der Waals surface area contributed by atoms with Crippen molar-refractivity contribution in [3.63, 3.8) is 0 Å². The molecule has 0 unspecified atom stereocenters. The van der Waals surface area contributed by atoms with Gasteiger partial charge < -0.3 is 10.3 Å². The highest BCUT2D eigenvalue weighted by Crippen LogP contribution is 2.27. The van der Waals surface area contributed by atoms with Crippen molar-refractivity contribution in [2.75, 3.05) is 5.32 Å². The van der Waals surface area contributed by atoms with Crippen LogP contribution in [0.4, 0.5) is 5.82 Å². The molecule has 0 saturated carbocycles. The van der Waals surface area contributed by atoms with E-state index in [1.54, 1.807) is 37.4 Å². The zero-order chi connectivity index (χ0) is 22.2. The number of carbonyl (C=O) groups excluding carboxylic acids is 2. The van der Waals surface area contributed by atoms with E-state index < -0.39 is 11.7 Å². The second-order valence-corrected chi connectivity index (χ2v) is 8.41. The van der Waals surface area contributed by atoms with Gasteiger partial charge in [0.05, 0.1) is 17.0 Å². The number of rotatable bonds is 5. The van der Waals surface area contributed by atoms with Crippen molar-refractivity contribution in [3.8, 4) is 16.4 Å². The predicted octanol–water partition coefficient (Wildman–Crippen LogP) is 5.26. The molecule has 2 aromatic carbocycles. The molecule has 0 atom stereocenters. The van der Waals surface area contributed by atoms with Gasteiger partial charge in [0.1, 0.15) is 5.82 Å². The molecule has 0 aliphatic heterocycles. The maximum Gasteiger partial charge on any atom is 0.298 e. The number of ketones is 1. The highest BCUT2D eigenvalue weighted by atomic mass is 35.5. The topological polar surface area (TPSA) is 92.7 Å². The van der Waals surface area contributed by atoms with E-state index in [9.17, 15) is 9.59 Å². The van der Waals surface area contributed by atoms with Crippen LogP contribution in [0, 0.1) is 6.92 Å². The van der Waals surface area contributed by atoms with E-state index in [0.29, 0.717) is 32.6 Å². The SMILES string of the molecule is Cc1cc(NC(=O)C(=O)c2c[nH]c3ccccc23)n(-c2nc(-c3ccc(Cl)cc3)cs2)n1. The number of nitrogens with one attached hydrogen (secondary N) is 2. The Kier molecular flexibility index (Phi) is 5.08. The molecule has 2 N–H and O–H groups in total. The molecule has 0 saturated heterocycles. The zero-order valence-corrected chi connectivity index (χ0v) is 18.4. The maximum atomic E-state index is 12.8. The molecule has 1 amide bonds. The van der Waals surface area contributed by atoms with Crippen LogP contribution in [0.1, 0.15) is 16.1 Å². The monoisotopic (exact) mass is 461 g/mol. The van der Waals surface area contributed by atoms with Gasteiger partial charge >= 0.3 is 0 Å². The molecule has 0 bridgehead atoms. The summed E-state index contributed by atoms with van der Waals surface area (Å²) in [6.45, 7) is 1.81. The molecule has 0 aliphatic carbocycles. The van der Waals surface area contributed by atoms with E-state index in [1.165, 1.54) is 16.0 Å². The smallest absolute Gasteiger partial charge is 0.298 e. The normalized spacial score (nSPS) is 11.1. The summed E-state index contributed by atoms with van der Waals surface area (Å²) in [5.41, 5.74) is 3.48. The summed E-state index contributed by atoms with van der Waals surface area (Å²) in [6.07, 6.45) is 1.55. The number of para-hydroxylation sites is 1. The van der Waals surface area contributed by atoms with Crippen LogP contribution in [0.25, 0.3) is 27.3 Å². The molecular weight excluding hydrogens is 446 g/mol. The first-order chi connectivity index (χ1) is 15.5. The Balaban J connectivity index is 1.42. The Morgan fingerprint density at radius 2 is 1.91 bits per heavy atom. The number of H-pyrrole nitrogens is 1. The van der Waals surface area contributed by atoms with Gasteiger partial charge in [0.15, 0.2) is 0 Å². The van der Waals surface area contributed by atoms with Crippen LogP contribution in [-0.2, 0) is 4.79 Å². The minimum Gasteiger partial charge on any atom is -0.360 e. The fourth-order valence-corrected chi connectivity index (χ4v) is 4.33. The first-order valence-corrected chi connectivity index (χ1v) is 11.0. The lowest BCUT2D eigenvalue weighted by Crippen LogP contribution is -2.24. The van der Waals surface area contributed by atoms with Crippen LogP contribution in [0.5, 0.6) is 0 Å². The van der Waals surface area contributed by atoms with Gasteiger partial charge in [-0.05, 0) is 25.1 Å². The second-order valence-electron chi connectivity index (χ2n) is 7.14. The molecule has 158 valence electrons. The third kappa shape index (κ3) is 3.70. The van der Waals surface area contributed by atoms with E-state index >= 15 is 0 Å². The lowest BCUT2D eigenvalue weighted by Gasteiger charge is -2.06. The first-order valence-electron chi connectivity index (χ1n) is 9.70. The van der Waals surface area contributed by atoms with Gasteiger partial charge in [-0.3, -0.25) is 9.59 Å². The lowest BCUT2D eigenvalue weighted by molar-refractivity contribution is -0.112. The van der Waals surface area contributed by atoms with Crippen molar-refractivity contribution in [1.82, 2.24) is 19.7 Å². The van der Waals surface area contributed by atoms with E-state index in [0.717, 1.165) is 16.8 Å². The van der Waals surface area contributed by atoms with Crippen LogP contribution in [0.3, 0.4) is 0 Å². The maximum absolute atomic E-state index is 12.8. The predicted molar refractivity (Wildman–Crippen MR) is 126 cm³/mol. The average Bonchev–Trinajstić information content (AvgIpc) is 3.52. The van der Waals surface area contributed by atoms with Crippen molar-refractivity contribution in [2.24, 2.45) is 0 Å². The molecular formula is C23H16ClN5O2S. The molecule has 7 nitrogen and oxygen atoms in total. The summed E-state index contributed by atoms with van der Waals surface area (Å²) < 4.78 is 1.53. The number of aromatic nitrogens is 4. The summed E-state index contributed by atoms with van der Waals surface area (Å²) in [6, 6.07) is 16.4. The van der Waals surface area contributed by atoms with E-state index in [4.69, 9.17) is 11.6 Å². The van der Waals surface area contributed by atoms with Crippen molar-refractivity contribution < 1.29 is 9.59 Å². The Morgan fingerprint density at radius 1 is 1.12 bits per heavy atom. The number of benzene rings is 2. The van der Waals surface area contributed by atoms with Crippen LogP contribution < -0.4 is 5.32 Å². The highest BCUT2D eigenvalue weighted by molar-refractivity contribution is 7.12. The number of aromatic amines is 1. The number of anilines is 1. The van der Waals surface area contributed by atoms with Gasteiger partial charge in [0.25, 0.3) is 11.7 Å². The Bertz CT molecular complexity index is 1470. The van der Waals surface area contributed by atoms with Crippen LogP contribution in [0.2, 0.25) is 5.02 Å². The van der Waals surface area contributed by atoms with Gasteiger partial charge in [0.2, 0.25) is 5.13 Å². The Labute approximate surface area is 191 Å². The summed E-state index contributed by atoms with van der Waals surface area (Å²) in [4.78, 5) is 33.2. The number of hydrogen-bond acceptors (Lipinski definition) is 5. The van der Waals surface area contributed by atoms with E-state index in [2.05, 4.69) is 20.4 Å². The van der Waals surface area contributed by atoms with Gasteiger partial charge in [-0.2, -0.15) is 9.78 Å². The molecule has 32 heavy (non-hydrogen) atoms. The van der Waals surface area contributed by atoms with Gasteiger partial charge in [0, 0.05) is 39.1 Å². The third-order valence-electron chi connectivity index (χ3n) is 4.93. The minimum atomic E-state index is -0.745. The second kappa shape index (κ2) is 8.07. The number of hydrogen-bond donors (Lipinski definition) is 2. The molecule has 5 rings (SSSR count). The largest absolute Gasteiger partial charge is 0.360 e. The van der Waals surface area contributed by atoms with E-state index in [1.807, 2.05) is 35.7 Å². The fourth-order valence-electron chi connectivity index (χ4n) is 3.40. The molecule has 3 aromatic heterocycles. The lowest BCUT2D eigenvalue weighted by atomic mass is 10.1. The number of thiazole rings is 1. The van der Waals surface area contributed by atoms with Crippen LogP contribution in [-0.4, -0.2) is 31.4 Å². The van der Waals surface area contributed by atoms with Crippen molar-refractivity contribution in [1.29, 1.82) is 0 Å². The number of fused-ring (bicyclic) bond motifs is 1. The number of amides is 1. The van der Waals surface area contributed by atoms with Crippen LogP contribution >= 0.6 is 22.9 Å². The number of Topliss-reactive ketones (excluding diaryl/α,β-unsaturated/α-hetero) is 1. The minimum absolute atomic E-state index is 0.320. The van der Waals surface area contributed by atoms with Crippen molar-refractivity contribution in [2.45, 2.75) is 6.92 Å². The molecule has 9 heteroatoms. The zero-order valence-electron chi connectivity index (χ0n) is 16.8. The highest BCUT2D eigenvalue weighted by Gasteiger charge is 2.22. The number of nitrogens with zero attached hydrogens (tertiary/aromatic N) is 3. The fraction of sp³-hybridized carbons (Fsp3) is 0.0435. The Morgan fingerprint density at radius 3 is 2.72 bits per heavy atom. The van der Waals surface area contributed by atoms with E-state index in [-0.39, 0.29) is 0 Å². The summed E-state index contributed by atoms with van der Waals surface area (Å²) in [5, 5.41) is 10.9.